The molecule has 25 heavy (non-hydrogen) atoms. The molecule has 5 nitrogen and oxygen atoms in total. The molecule has 0 aliphatic heterocycles. The van der Waals surface area contributed by atoms with Gasteiger partial charge in [-0.1, -0.05) is 6.07 Å². The molecule has 0 radical (unpaired) electrons. The minimum atomic E-state index is -1.16. The van der Waals surface area contributed by atoms with Gasteiger partial charge in [0.15, 0.2) is 11.6 Å². The molecule has 0 amide bonds. The predicted molar refractivity (Wildman–Crippen MR) is 87.4 cm³/mol. The van der Waals surface area contributed by atoms with Gasteiger partial charge in [0.1, 0.15) is 5.56 Å². The van der Waals surface area contributed by atoms with Crippen LogP contribution >= 0.6 is 0 Å². The summed E-state index contributed by atoms with van der Waals surface area (Å²) in [5.41, 5.74) is -0.143. The summed E-state index contributed by atoms with van der Waals surface area (Å²) in [6.07, 6.45) is 2.88. The fraction of sp³-hybridized carbons (Fsp3) is 0.167. The molecule has 0 saturated heterocycles. The van der Waals surface area contributed by atoms with Crippen LogP contribution < -0.4 is 5.43 Å². The summed E-state index contributed by atoms with van der Waals surface area (Å²) in [6, 6.07) is 6.99. The molecule has 0 atom stereocenters. The number of carbonyl (C=O) groups excluding carboxylic acids is 1. The zero-order valence-corrected chi connectivity index (χ0v) is 13.3. The van der Waals surface area contributed by atoms with Crippen molar-refractivity contribution in [2.24, 2.45) is 0 Å². The van der Waals surface area contributed by atoms with Gasteiger partial charge in [0.2, 0.25) is 5.43 Å². The van der Waals surface area contributed by atoms with Crippen LogP contribution in [0, 0.1) is 11.6 Å². The van der Waals surface area contributed by atoms with Crippen molar-refractivity contribution in [2.45, 2.75) is 13.5 Å². The van der Waals surface area contributed by atoms with Crippen LogP contribution in [0.5, 0.6) is 0 Å². The number of halogens is 2. The van der Waals surface area contributed by atoms with Crippen molar-refractivity contribution in [1.29, 1.82) is 0 Å². The SMILES string of the molecule is CCOC(=O)c1cn(Cc2ccccn2)c2cc(F)c(F)cc2c1=O. The molecule has 0 spiro atoms. The topological polar surface area (TPSA) is 61.2 Å². The summed E-state index contributed by atoms with van der Waals surface area (Å²) in [5, 5.41) is -0.0969. The second kappa shape index (κ2) is 6.80. The number of nitrogens with zero attached hydrogens (tertiary/aromatic N) is 2. The van der Waals surface area contributed by atoms with E-state index in [1.807, 2.05) is 0 Å². The van der Waals surface area contributed by atoms with Crippen molar-refractivity contribution < 1.29 is 18.3 Å². The van der Waals surface area contributed by atoms with Gasteiger partial charge in [-0.3, -0.25) is 9.78 Å². The molecule has 3 rings (SSSR count). The van der Waals surface area contributed by atoms with Gasteiger partial charge < -0.3 is 9.30 Å². The second-order valence-electron chi connectivity index (χ2n) is 5.32. The maximum atomic E-state index is 13.7. The first-order valence-electron chi connectivity index (χ1n) is 7.60. The van der Waals surface area contributed by atoms with Crippen molar-refractivity contribution >= 4 is 16.9 Å². The summed E-state index contributed by atoms with van der Waals surface area (Å²) in [6.45, 7) is 1.88. The highest BCUT2D eigenvalue weighted by molar-refractivity contribution is 5.93. The van der Waals surface area contributed by atoms with Gasteiger partial charge in [-0.15, -0.1) is 0 Å². The standard InChI is InChI=1S/C18H14F2N2O3/c1-2-25-18(24)13-10-22(9-11-5-3-4-6-21-11)16-8-15(20)14(19)7-12(16)17(13)23/h3-8,10H,2,9H2,1H3. The van der Waals surface area contributed by atoms with E-state index in [1.165, 1.54) is 10.8 Å². The number of aromatic nitrogens is 2. The lowest BCUT2D eigenvalue weighted by Crippen LogP contribution is -2.21. The molecule has 7 heteroatoms. The highest BCUT2D eigenvalue weighted by Crippen LogP contribution is 2.18. The van der Waals surface area contributed by atoms with Gasteiger partial charge in [0, 0.05) is 23.8 Å². The largest absolute Gasteiger partial charge is 0.462 e. The summed E-state index contributed by atoms with van der Waals surface area (Å²) in [5.74, 6) is -3.05. The Hall–Kier alpha value is -3.09. The third kappa shape index (κ3) is 3.26. The number of rotatable bonds is 4. The zero-order chi connectivity index (χ0) is 18.0. The smallest absolute Gasteiger partial charge is 0.343 e. The van der Waals surface area contributed by atoms with Crippen LogP contribution in [0.4, 0.5) is 8.78 Å². The van der Waals surface area contributed by atoms with Crippen LogP contribution in [0.25, 0.3) is 10.9 Å². The molecular weight excluding hydrogens is 330 g/mol. The van der Waals surface area contributed by atoms with Crippen LogP contribution in [-0.2, 0) is 11.3 Å². The first-order valence-corrected chi connectivity index (χ1v) is 7.60. The molecule has 128 valence electrons. The molecule has 0 aliphatic rings. The lowest BCUT2D eigenvalue weighted by Gasteiger charge is -2.13. The van der Waals surface area contributed by atoms with Crippen LogP contribution in [0.2, 0.25) is 0 Å². The number of ether oxygens (including phenoxy) is 1. The van der Waals surface area contributed by atoms with Gasteiger partial charge in [0.25, 0.3) is 0 Å². The molecule has 2 aromatic heterocycles. The summed E-state index contributed by atoms with van der Waals surface area (Å²) in [7, 11) is 0. The van der Waals surface area contributed by atoms with Crippen molar-refractivity contribution in [3.05, 3.63) is 75.8 Å². The third-order valence-electron chi connectivity index (χ3n) is 3.68. The maximum absolute atomic E-state index is 13.7. The molecule has 3 aromatic rings. The fourth-order valence-corrected chi connectivity index (χ4v) is 2.54. The Morgan fingerprint density at radius 3 is 2.68 bits per heavy atom. The van der Waals surface area contributed by atoms with E-state index in [0.29, 0.717) is 5.69 Å². The van der Waals surface area contributed by atoms with E-state index in [2.05, 4.69) is 4.98 Å². The van der Waals surface area contributed by atoms with Gasteiger partial charge in [-0.25, -0.2) is 13.6 Å². The van der Waals surface area contributed by atoms with Crippen molar-refractivity contribution in [1.82, 2.24) is 9.55 Å². The van der Waals surface area contributed by atoms with Crippen molar-refractivity contribution in [3.63, 3.8) is 0 Å². The highest BCUT2D eigenvalue weighted by Gasteiger charge is 2.18. The molecule has 0 N–H and O–H groups in total. The van der Waals surface area contributed by atoms with E-state index in [1.54, 1.807) is 31.3 Å². The Bertz CT molecular complexity index is 1000. The average Bonchev–Trinajstić information content (AvgIpc) is 2.60. The number of hydrogen-bond donors (Lipinski definition) is 0. The van der Waals surface area contributed by atoms with Gasteiger partial charge >= 0.3 is 5.97 Å². The summed E-state index contributed by atoms with van der Waals surface area (Å²) in [4.78, 5) is 28.7. The number of esters is 1. The monoisotopic (exact) mass is 344 g/mol. The molecule has 0 bridgehead atoms. The third-order valence-corrected chi connectivity index (χ3v) is 3.68. The Labute approximate surface area is 141 Å². The molecular formula is C18H14F2N2O3. The van der Waals surface area contributed by atoms with Crippen LogP contribution in [0.3, 0.4) is 0 Å². The lowest BCUT2D eigenvalue weighted by atomic mass is 10.1. The van der Waals surface area contributed by atoms with Crippen LogP contribution in [0.15, 0.2) is 47.5 Å². The maximum Gasteiger partial charge on any atom is 0.343 e. The predicted octanol–water partition coefficient (Wildman–Crippen LogP) is 2.90. The fourth-order valence-electron chi connectivity index (χ4n) is 2.54. The van der Waals surface area contributed by atoms with E-state index >= 15 is 0 Å². The number of pyridine rings is 2. The highest BCUT2D eigenvalue weighted by atomic mass is 19.2. The summed E-state index contributed by atoms with van der Waals surface area (Å²) < 4.78 is 33.7. The zero-order valence-electron chi connectivity index (χ0n) is 13.3. The summed E-state index contributed by atoms with van der Waals surface area (Å²) >= 11 is 0. The van der Waals surface area contributed by atoms with Crippen LogP contribution in [-0.4, -0.2) is 22.1 Å². The Morgan fingerprint density at radius 2 is 2.00 bits per heavy atom. The quantitative estimate of drug-likeness (QED) is 0.683. The first kappa shape index (κ1) is 16.8. The van der Waals surface area contributed by atoms with E-state index < -0.39 is 23.0 Å². The number of carbonyl (C=O) groups is 1. The van der Waals surface area contributed by atoms with E-state index in [4.69, 9.17) is 4.74 Å². The minimum absolute atomic E-state index is 0.0916. The van der Waals surface area contributed by atoms with E-state index in [-0.39, 0.29) is 29.6 Å². The Balaban J connectivity index is 2.25. The minimum Gasteiger partial charge on any atom is -0.462 e. The Morgan fingerprint density at radius 1 is 1.24 bits per heavy atom. The number of fused-ring (bicyclic) bond motifs is 1. The number of benzene rings is 1. The first-order chi connectivity index (χ1) is 12.0. The molecule has 1 aromatic carbocycles. The lowest BCUT2D eigenvalue weighted by molar-refractivity contribution is 0.0524. The molecule has 0 fully saturated rings. The van der Waals surface area contributed by atoms with E-state index in [9.17, 15) is 18.4 Å². The van der Waals surface area contributed by atoms with Crippen LogP contribution in [0.1, 0.15) is 23.0 Å². The molecule has 0 unspecified atom stereocenters. The van der Waals surface area contributed by atoms with Gasteiger partial charge in [0.05, 0.1) is 24.4 Å². The molecule has 2 heterocycles. The molecule has 0 aliphatic carbocycles. The van der Waals surface area contributed by atoms with Gasteiger partial charge in [-0.05, 0) is 25.1 Å². The molecule has 0 saturated carbocycles. The van der Waals surface area contributed by atoms with Crippen molar-refractivity contribution in [3.8, 4) is 0 Å². The average molecular weight is 344 g/mol. The van der Waals surface area contributed by atoms with Gasteiger partial charge in [-0.2, -0.15) is 0 Å². The number of hydrogen-bond acceptors (Lipinski definition) is 4. The van der Waals surface area contributed by atoms with Crippen molar-refractivity contribution in [2.75, 3.05) is 6.61 Å². The Kier molecular flexibility index (Phi) is 4.56. The second-order valence-corrected chi connectivity index (χ2v) is 5.32. The van der Waals surface area contributed by atoms with E-state index in [0.717, 1.165) is 12.1 Å². The normalized spacial score (nSPS) is 10.8.